The number of hydrogen-bond acceptors (Lipinski definition) is 4. The molecular formula is C9H17NO5. The van der Waals surface area contributed by atoms with Crippen molar-refractivity contribution in [1.29, 1.82) is 0 Å². The predicted molar refractivity (Wildman–Crippen MR) is 52.5 cm³/mol. The van der Waals surface area contributed by atoms with Crippen LogP contribution in [0.15, 0.2) is 0 Å². The molecule has 0 radical (unpaired) electrons. The number of ether oxygens (including phenoxy) is 1. The van der Waals surface area contributed by atoms with Crippen molar-refractivity contribution >= 4 is 12.1 Å². The van der Waals surface area contributed by atoms with Crippen molar-refractivity contribution in [1.82, 2.24) is 5.32 Å². The van der Waals surface area contributed by atoms with Gasteiger partial charge in [-0.15, -0.1) is 0 Å². The summed E-state index contributed by atoms with van der Waals surface area (Å²) in [6.07, 6.45) is -0.236. The van der Waals surface area contributed by atoms with Crippen molar-refractivity contribution in [3.05, 3.63) is 0 Å². The summed E-state index contributed by atoms with van der Waals surface area (Å²) in [5, 5.41) is 19.2. The first-order valence-electron chi connectivity index (χ1n) is 4.65. The second-order valence-corrected chi connectivity index (χ2v) is 3.72. The summed E-state index contributed by atoms with van der Waals surface area (Å²) in [6, 6.07) is -1.33. The van der Waals surface area contributed by atoms with E-state index in [4.69, 9.17) is 14.9 Å². The van der Waals surface area contributed by atoms with Crippen LogP contribution < -0.4 is 5.32 Å². The van der Waals surface area contributed by atoms with Gasteiger partial charge in [-0.05, 0) is 20.3 Å². The Hall–Kier alpha value is -1.30. The predicted octanol–water partition coefficient (Wildman–Crippen LogP) is 0.347. The SMILES string of the molecule is CCC(C)(C)OC(=O)N[C@H](CO)C(=O)O. The van der Waals surface area contributed by atoms with Gasteiger partial charge >= 0.3 is 12.1 Å². The molecule has 0 aliphatic heterocycles. The standard InChI is InChI=1S/C9H17NO5/c1-4-9(2,3)15-8(14)10-6(5-11)7(12)13/h6,11H,4-5H2,1-3H3,(H,10,14)(H,12,13)/t6-/m1/s1. The smallest absolute Gasteiger partial charge is 0.408 e. The van der Waals surface area contributed by atoms with Gasteiger partial charge in [0.1, 0.15) is 5.60 Å². The molecule has 3 N–H and O–H groups in total. The largest absolute Gasteiger partial charge is 0.480 e. The summed E-state index contributed by atoms with van der Waals surface area (Å²) < 4.78 is 4.94. The normalized spacial score (nSPS) is 13.1. The van der Waals surface area contributed by atoms with E-state index in [2.05, 4.69) is 0 Å². The van der Waals surface area contributed by atoms with Crippen molar-refractivity contribution in [3.8, 4) is 0 Å². The average Bonchev–Trinajstić information content (AvgIpc) is 2.13. The summed E-state index contributed by atoms with van der Waals surface area (Å²) in [7, 11) is 0. The molecule has 0 aliphatic carbocycles. The highest BCUT2D eigenvalue weighted by atomic mass is 16.6. The third-order valence-corrected chi connectivity index (χ3v) is 1.99. The number of aliphatic hydroxyl groups excluding tert-OH is 1. The van der Waals surface area contributed by atoms with Gasteiger partial charge in [0.2, 0.25) is 0 Å². The molecule has 0 rings (SSSR count). The van der Waals surface area contributed by atoms with Crippen molar-refractivity contribution in [2.45, 2.75) is 38.8 Å². The zero-order chi connectivity index (χ0) is 12.1. The van der Waals surface area contributed by atoms with Crippen LogP contribution in [-0.4, -0.2) is 40.5 Å². The molecule has 0 heterocycles. The highest BCUT2D eigenvalue weighted by Gasteiger charge is 2.24. The minimum Gasteiger partial charge on any atom is -0.480 e. The maximum absolute atomic E-state index is 11.2. The molecule has 88 valence electrons. The zero-order valence-electron chi connectivity index (χ0n) is 9.11. The number of aliphatic carboxylic acids is 1. The number of amides is 1. The Morgan fingerprint density at radius 1 is 1.47 bits per heavy atom. The van der Waals surface area contributed by atoms with Crippen molar-refractivity contribution in [3.63, 3.8) is 0 Å². The van der Waals surface area contributed by atoms with Crippen molar-refractivity contribution in [2.24, 2.45) is 0 Å². The van der Waals surface area contributed by atoms with Crippen molar-refractivity contribution < 1.29 is 24.5 Å². The van der Waals surface area contributed by atoms with Crippen LogP contribution in [0.1, 0.15) is 27.2 Å². The summed E-state index contributed by atoms with van der Waals surface area (Å²) >= 11 is 0. The van der Waals surface area contributed by atoms with Crippen molar-refractivity contribution in [2.75, 3.05) is 6.61 Å². The van der Waals surface area contributed by atoms with Crippen LogP contribution >= 0.6 is 0 Å². The molecule has 0 saturated carbocycles. The van der Waals surface area contributed by atoms with Crippen LogP contribution in [0.5, 0.6) is 0 Å². The lowest BCUT2D eigenvalue weighted by atomic mass is 10.1. The lowest BCUT2D eigenvalue weighted by Gasteiger charge is -2.24. The van der Waals surface area contributed by atoms with Gasteiger partial charge in [0.25, 0.3) is 0 Å². The minimum absolute atomic E-state index is 0.608. The average molecular weight is 219 g/mol. The number of aliphatic hydroxyl groups is 1. The Balaban J connectivity index is 4.19. The Bertz CT molecular complexity index is 239. The molecule has 6 heteroatoms. The molecule has 1 amide bonds. The molecule has 0 spiro atoms. The maximum atomic E-state index is 11.2. The van der Waals surface area contributed by atoms with E-state index < -0.39 is 30.3 Å². The second kappa shape index (κ2) is 5.55. The molecule has 0 aromatic carbocycles. The van der Waals surface area contributed by atoms with Gasteiger partial charge in [-0.3, -0.25) is 0 Å². The third kappa shape index (κ3) is 5.21. The second-order valence-electron chi connectivity index (χ2n) is 3.72. The quantitative estimate of drug-likeness (QED) is 0.620. The number of carboxylic acids is 1. The Morgan fingerprint density at radius 2 is 2.00 bits per heavy atom. The van der Waals surface area contributed by atoms with Gasteiger partial charge < -0.3 is 20.3 Å². The first-order chi connectivity index (χ1) is 6.82. The van der Waals surface area contributed by atoms with E-state index in [0.29, 0.717) is 6.42 Å². The van der Waals surface area contributed by atoms with E-state index in [9.17, 15) is 9.59 Å². The Labute approximate surface area is 88.2 Å². The van der Waals surface area contributed by atoms with Gasteiger partial charge in [0, 0.05) is 0 Å². The molecule has 15 heavy (non-hydrogen) atoms. The van der Waals surface area contributed by atoms with Crippen LogP contribution in [0, 0.1) is 0 Å². The van der Waals surface area contributed by atoms with Crippen LogP contribution in [-0.2, 0) is 9.53 Å². The first-order valence-corrected chi connectivity index (χ1v) is 4.65. The number of rotatable bonds is 5. The molecule has 0 aliphatic rings. The first kappa shape index (κ1) is 13.7. The van der Waals surface area contributed by atoms with Gasteiger partial charge in [0.05, 0.1) is 6.61 Å². The Kier molecular flexibility index (Phi) is 5.07. The molecule has 0 unspecified atom stereocenters. The van der Waals surface area contributed by atoms with Gasteiger partial charge in [-0.1, -0.05) is 6.92 Å². The van der Waals surface area contributed by atoms with E-state index in [1.807, 2.05) is 12.2 Å². The monoisotopic (exact) mass is 219 g/mol. The summed E-state index contributed by atoms with van der Waals surface area (Å²) in [5.74, 6) is -1.30. The van der Waals surface area contributed by atoms with E-state index in [1.165, 1.54) is 0 Å². The highest BCUT2D eigenvalue weighted by Crippen LogP contribution is 2.13. The van der Waals surface area contributed by atoms with E-state index in [1.54, 1.807) is 13.8 Å². The fourth-order valence-corrected chi connectivity index (χ4v) is 0.680. The summed E-state index contributed by atoms with van der Waals surface area (Å²) in [5.41, 5.74) is -0.650. The molecule has 0 fully saturated rings. The molecule has 0 aromatic rings. The number of carbonyl (C=O) groups is 2. The number of hydrogen-bond donors (Lipinski definition) is 3. The molecule has 0 bridgehead atoms. The third-order valence-electron chi connectivity index (χ3n) is 1.99. The van der Waals surface area contributed by atoms with Crippen LogP contribution in [0.2, 0.25) is 0 Å². The van der Waals surface area contributed by atoms with Gasteiger partial charge in [-0.2, -0.15) is 0 Å². The summed E-state index contributed by atoms with van der Waals surface area (Å²) in [4.78, 5) is 21.7. The van der Waals surface area contributed by atoms with Crippen LogP contribution in [0.4, 0.5) is 4.79 Å². The van der Waals surface area contributed by atoms with E-state index >= 15 is 0 Å². The number of carboxylic acid groups (broad SMARTS) is 1. The van der Waals surface area contributed by atoms with E-state index in [-0.39, 0.29) is 0 Å². The lowest BCUT2D eigenvalue weighted by Crippen LogP contribution is -2.45. The number of carbonyl (C=O) groups excluding carboxylic acids is 1. The molecule has 0 aromatic heterocycles. The molecule has 6 nitrogen and oxygen atoms in total. The number of nitrogens with one attached hydrogen (secondary N) is 1. The fourth-order valence-electron chi connectivity index (χ4n) is 0.680. The van der Waals surface area contributed by atoms with Crippen LogP contribution in [0.3, 0.4) is 0 Å². The van der Waals surface area contributed by atoms with Gasteiger partial charge in [-0.25, -0.2) is 9.59 Å². The lowest BCUT2D eigenvalue weighted by molar-refractivity contribution is -0.140. The molecular weight excluding hydrogens is 202 g/mol. The number of alkyl carbamates (subject to hydrolysis) is 1. The Morgan fingerprint density at radius 3 is 2.33 bits per heavy atom. The maximum Gasteiger partial charge on any atom is 0.408 e. The van der Waals surface area contributed by atoms with Gasteiger partial charge in [0.15, 0.2) is 6.04 Å². The highest BCUT2D eigenvalue weighted by molar-refractivity contribution is 5.80. The molecule has 0 saturated heterocycles. The topological polar surface area (TPSA) is 95.9 Å². The molecule has 1 atom stereocenters. The minimum atomic E-state index is -1.33. The van der Waals surface area contributed by atoms with Crippen LogP contribution in [0.25, 0.3) is 0 Å². The summed E-state index contributed by atoms with van der Waals surface area (Å²) in [6.45, 7) is 4.59. The fraction of sp³-hybridized carbons (Fsp3) is 0.778. The zero-order valence-corrected chi connectivity index (χ0v) is 9.11. The van der Waals surface area contributed by atoms with E-state index in [0.717, 1.165) is 0 Å².